The molecular formula is C28H27N2+. The smallest absolute Gasteiger partial charge is 0.210 e. The Labute approximate surface area is 178 Å². The van der Waals surface area contributed by atoms with Crippen LogP contribution in [0.15, 0.2) is 78.9 Å². The first-order valence-electron chi connectivity index (χ1n) is 10.6. The Morgan fingerprint density at radius 3 is 2.40 bits per heavy atom. The number of hydrogen-bond acceptors (Lipinski definition) is 1. The second kappa shape index (κ2) is 6.84. The number of nitrogens with two attached hydrogens (primary N) is 1. The minimum Gasteiger partial charge on any atom is -0.399 e. The second-order valence-electron chi connectivity index (χ2n) is 8.63. The standard InChI is InChI=1S/C28H26N2/c1-4-30-25-15-13-20-7-5-6-8-24(20)27(25)28(2,3)26(30)16-10-19-9-11-22-18-23(29)14-12-21(22)17-19/h5-18,29H,4H2,1-3H3/p+1. The highest BCUT2D eigenvalue weighted by atomic mass is 15.0. The molecule has 4 aromatic rings. The van der Waals surface area contributed by atoms with Crippen LogP contribution in [0.3, 0.4) is 0 Å². The van der Waals surface area contributed by atoms with Crippen molar-refractivity contribution in [3.63, 3.8) is 0 Å². The molecule has 2 N–H and O–H groups in total. The van der Waals surface area contributed by atoms with Gasteiger partial charge in [0.15, 0.2) is 5.71 Å². The SMILES string of the molecule is CC[N+]1=C(/C=C/c2ccc3cc(N)ccc3c2)C(C)(C)c2c1ccc1ccccc21. The van der Waals surface area contributed by atoms with Crippen molar-refractivity contribution in [2.24, 2.45) is 0 Å². The number of nitrogen functional groups attached to an aromatic ring is 1. The topological polar surface area (TPSA) is 29.0 Å². The molecule has 30 heavy (non-hydrogen) atoms. The summed E-state index contributed by atoms with van der Waals surface area (Å²) in [6.45, 7) is 7.87. The van der Waals surface area contributed by atoms with E-state index >= 15 is 0 Å². The van der Waals surface area contributed by atoms with E-state index in [1.165, 1.54) is 44.1 Å². The Morgan fingerprint density at radius 1 is 0.833 bits per heavy atom. The van der Waals surface area contributed by atoms with Crippen LogP contribution in [0.4, 0.5) is 11.4 Å². The highest BCUT2D eigenvalue weighted by Crippen LogP contribution is 2.44. The number of fused-ring (bicyclic) bond motifs is 4. The van der Waals surface area contributed by atoms with Gasteiger partial charge in [0.05, 0.1) is 5.41 Å². The molecule has 0 spiro atoms. The monoisotopic (exact) mass is 391 g/mol. The van der Waals surface area contributed by atoms with E-state index in [9.17, 15) is 0 Å². The molecule has 148 valence electrons. The van der Waals surface area contributed by atoms with Crippen LogP contribution in [0.1, 0.15) is 31.9 Å². The van der Waals surface area contributed by atoms with E-state index in [0.717, 1.165) is 12.2 Å². The third-order valence-electron chi connectivity index (χ3n) is 6.39. The van der Waals surface area contributed by atoms with Gasteiger partial charge in [-0.05, 0) is 78.2 Å². The summed E-state index contributed by atoms with van der Waals surface area (Å²) < 4.78 is 2.46. The van der Waals surface area contributed by atoms with E-state index in [-0.39, 0.29) is 5.41 Å². The Hall–Kier alpha value is -3.39. The highest BCUT2D eigenvalue weighted by Gasteiger charge is 2.44. The summed E-state index contributed by atoms with van der Waals surface area (Å²) in [6, 6.07) is 25.9. The molecule has 2 nitrogen and oxygen atoms in total. The molecule has 2 heteroatoms. The molecule has 1 aliphatic rings. The molecule has 0 aromatic heterocycles. The normalized spacial score (nSPS) is 15.4. The fourth-order valence-electron chi connectivity index (χ4n) is 4.94. The Balaban J connectivity index is 1.61. The number of allylic oxidation sites excluding steroid dienone is 1. The summed E-state index contributed by atoms with van der Waals surface area (Å²) in [4.78, 5) is 0. The molecule has 0 saturated carbocycles. The van der Waals surface area contributed by atoms with Gasteiger partial charge in [0.25, 0.3) is 0 Å². The Kier molecular flexibility index (Phi) is 4.25. The molecule has 4 aromatic carbocycles. The zero-order chi connectivity index (χ0) is 20.9. The van der Waals surface area contributed by atoms with Crippen molar-refractivity contribution in [2.45, 2.75) is 26.2 Å². The van der Waals surface area contributed by atoms with Crippen molar-refractivity contribution in [1.29, 1.82) is 0 Å². The predicted octanol–water partition coefficient (Wildman–Crippen LogP) is 6.68. The lowest BCUT2D eigenvalue weighted by molar-refractivity contribution is -0.433. The molecule has 0 atom stereocenters. The minimum absolute atomic E-state index is 0.0615. The number of nitrogens with zero attached hydrogens (tertiary/aromatic N) is 1. The van der Waals surface area contributed by atoms with Crippen molar-refractivity contribution < 1.29 is 4.58 Å². The first kappa shape index (κ1) is 18.6. The summed E-state index contributed by atoms with van der Waals surface area (Å²) in [5, 5.41) is 5.04. The Bertz CT molecular complexity index is 1360. The van der Waals surface area contributed by atoms with Crippen molar-refractivity contribution in [3.05, 3.63) is 90.0 Å². The van der Waals surface area contributed by atoms with Crippen molar-refractivity contribution in [3.8, 4) is 0 Å². The zero-order valence-corrected chi connectivity index (χ0v) is 17.8. The van der Waals surface area contributed by atoms with Crippen LogP contribution in [-0.2, 0) is 5.41 Å². The maximum Gasteiger partial charge on any atom is 0.210 e. The van der Waals surface area contributed by atoms with Crippen LogP contribution in [-0.4, -0.2) is 16.8 Å². The molecule has 0 amide bonds. The van der Waals surface area contributed by atoms with E-state index < -0.39 is 0 Å². The van der Waals surface area contributed by atoms with Gasteiger partial charge in [-0.1, -0.05) is 42.5 Å². The maximum absolute atomic E-state index is 5.92. The van der Waals surface area contributed by atoms with E-state index in [4.69, 9.17) is 5.73 Å². The van der Waals surface area contributed by atoms with Crippen molar-refractivity contribution in [1.82, 2.24) is 0 Å². The number of anilines is 1. The van der Waals surface area contributed by atoms with Crippen LogP contribution in [0.2, 0.25) is 0 Å². The molecule has 1 heterocycles. The van der Waals surface area contributed by atoms with Crippen LogP contribution < -0.4 is 5.73 Å². The van der Waals surface area contributed by atoms with Crippen LogP contribution in [0.5, 0.6) is 0 Å². The lowest BCUT2D eigenvalue weighted by Gasteiger charge is -2.17. The number of hydrogen-bond donors (Lipinski definition) is 1. The molecule has 0 aliphatic carbocycles. The molecule has 0 unspecified atom stereocenters. The highest BCUT2D eigenvalue weighted by molar-refractivity contribution is 6.09. The fourth-order valence-corrected chi connectivity index (χ4v) is 4.94. The molecule has 0 bridgehead atoms. The van der Waals surface area contributed by atoms with Crippen molar-refractivity contribution >= 4 is 44.7 Å². The molecule has 5 rings (SSSR count). The first-order valence-corrected chi connectivity index (χ1v) is 10.6. The van der Waals surface area contributed by atoms with Gasteiger partial charge >= 0.3 is 0 Å². The Morgan fingerprint density at radius 2 is 1.57 bits per heavy atom. The zero-order valence-electron chi connectivity index (χ0n) is 17.8. The van der Waals surface area contributed by atoms with Gasteiger partial charge in [0.1, 0.15) is 6.54 Å². The van der Waals surface area contributed by atoms with Gasteiger partial charge in [-0.25, -0.2) is 0 Å². The average molecular weight is 392 g/mol. The molecular weight excluding hydrogens is 364 g/mol. The van der Waals surface area contributed by atoms with Gasteiger partial charge in [0.2, 0.25) is 5.69 Å². The lowest BCUT2D eigenvalue weighted by atomic mass is 9.79. The number of rotatable bonds is 3. The van der Waals surface area contributed by atoms with E-state index in [1.54, 1.807) is 0 Å². The fraction of sp³-hybridized carbons (Fsp3) is 0.179. The predicted molar refractivity (Wildman–Crippen MR) is 130 cm³/mol. The quantitative estimate of drug-likeness (QED) is 0.306. The first-order chi connectivity index (χ1) is 14.5. The largest absolute Gasteiger partial charge is 0.399 e. The summed E-state index contributed by atoms with van der Waals surface area (Å²) in [5.41, 5.74) is 12.0. The number of benzene rings is 4. The van der Waals surface area contributed by atoms with Crippen molar-refractivity contribution in [2.75, 3.05) is 12.3 Å². The maximum atomic E-state index is 5.92. The van der Waals surface area contributed by atoms with Crippen LogP contribution in [0, 0.1) is 0 Å². The van der Waals surface area contributed by atoms with Gasteiger partial charge in [0, 0.05) is 23.4 Å². The molecule has 1 aliphatic heterocycles. The minimum atomic E-state index is -0.0615. The molecule has 0 fully saturated rings. The average Bonchev–Trinajstić information content (AvgIpc) is 2.98. The van der Waals surface area contributed by atoms with Crippen LogP contribution >= 0.6 is 0 Å². The molecule has 0 saturated heterocycles. The lowest BCUT2D eigenvalue weighted by Crippen LogP contribution is -2.27. The third-order valence-corrected chi connectivity index (χ3v) is 6.39. The summed E-state index contributed by atoms with van der Waals surface area (Å²) >= 11 is 0. The van der Waals surface area contributed by atoms with E-state index in [2.05, 4.69) is 98.2 Å². The summed E-state index contributed by atoms with van der Waals surface area (Å²) in [6.07, 6.45) is 4.54. The van der Waals surface area contributed by atoms with Gasteiger partial charge < -0.3 is 5.73 Å². The van der Waals surface area contributed by atoms with E-state index in [1.807, 2.05) is 12.1 Å². The van der Waals surface area contributed by atoms with Gasteiger partial charge in [-0.2, -0.15) is 4.58 Å². The summed E-state index contributed by atoms with van der Waals surface area (Å²) in [7, 11) is 0. The third kappa shape index (κ3) is 2.83. The second-order valence-corrected chi connectivity index (χ2v) is 8.63. The van der Waals surface area contributed by atoms with Crippen LogP contribution in [0.25, 0.3) is 27.6 Å². The van der Waals surface area contributed by atoms with Gasteiger partial charge in [-0.3, -0.25) is 0 Å². The van der Waals surface area contributed by atoms with E-state index in [0.29, 0.717) is 0 Å². The summed E-state index contributed by atoms with van der Waals surface area (Å²) in [5.74, 6) is 0. The van der Waals surface area contributed by atoms with Gasteiger partial charge in [-0.15, -0.1) is 0 Å². The molecule has 0 radical (unpaired) electrons.